The van der Waals surface area contributed by atoms with Gasteiger partial charge in [-0.25, -0.2) is 0 Å². The SMILES string of the molecule is C=Cc1ccc(CCC[SiH](OCC)OCC)cc1. The molecular weight excluding hydrogens is 240 g/mol. The molecule has 0 amide bonds. The van der Waals surface area contributed by atoms with Crippen molar-refractivity contribution in [2.45, 2.75) is 32.7 Å². The van der Waals surface area contributed by atoms with Crippen molar-refractivity contribution < 1.29 is 8.85 Å². The van der Waals surface area contributed by atoms with Gasteiger partial charge < -0.3 is 8.85 Å². The summed E-state index contributed by atoms with van der Waals surface area (Å²) in [5, 5.41) is 0. The Hall–Kier alpha value is -0.903. The van der Waals surface area contributed by atoms with Gasteiger partial charge in [0.15, 0.2) is 0 Å². The van der Waals surface area contributed by atoms with Crippen LogP contribution < -0.4 is 0 Å². The highest BCUT2D eigenvalue weighted by Crippen LogP contribution is 2.11. The molecule has 0 radical (unpaired) electrons. The number of aryl methyl sites for hydroxylation is 1. The zero-order valence-electron chi connectivity index (χ0n) is 11.5. The quantitative estimate of drug-likeness (QED) is 0.635. The first-order valence-electron chi connectivity index (χ1n) is 6.74. The lowest BCUT2D eigenvalue weighted by Gasteiger charge is -2.14. The molecule has 0 aliphatic rings. The Morgan fingerprint density at radius 2 is 1.72 bits per heavy atom. The van der Waals surface area contributed by atoms with Crippen molar-refractivity contribution >= 4 is 15.4 Å². The minimum absolute atomic E-state index is 0.769. The minimum atomic E-state index is -1.41. The molecule has 2 nitrogen and oxygen atoms in total. The molecule has 0 aliphatic heterocycles. The van der Waals surface area contributed by atoms with Gasteiger partial charge >= 0.3 is 9.28 Å². The number of benzene rings is 1. The highest BCUT2D eigenvalue weighted by atomic mass is 28.3. The normalized spacial score (nSPS) is 10.8. The van der Waals surface area contributed by atoms with Crippen molar-refractivity contribution in [3.05, 3.63) is 42.0 Å². The Kier molecular flexibility index (Phi) is 7.65. The lowest BCUT2D eigenvalue weighted by molar-refractivity contribution is 0.213. The fourth-order valence-corrected chi connectivity index (χ4v) is 3.59. The van der Waals surface area contributed by atoms with Crippen LogP contribution in [0.1, 0.15) is 31.4 Å². The Bertz CT molecular complexity index is 329. The third-order valence-corrected chi connectivity index (χ3v) is 5.12. The monoisotopic (exact) mass is 264 g/mol. The molecule has 0 spiro atoms. The summed E-state index contributed by atoms with van der Waals surface area (Å²) in [5.41, 5.74) is 2.55. The molecule has 0 N–H and O–H groups in total. The summed E-state index contributed by atoms with van der Waals surface area (Å²) in [5.74, 6) is 0. The number of hydrogen-bond donors (Lipinski definition) is 0. The van der Waals surface area contributed by atoms with Crippen LogP contribution in [0, 0.1) is 0 Å². The molecule has 0 bridgehead atoms. The maximum absolute atomic E-state index is 5.66. The van der Waals surface area contributed by atoms with E-state index in [-0.39, 0.29) is 0 Å². The van der Waals surface area contributed by atoms with Crippen LogP contribution in [0.4, 0.5) is 0 Å². The lowest BCUT2D eigenvalue weighted by Crippen LogP contribution is -2.22. The van der Waals surface area contributed by atoms with Gasteiger partial charge in [-0.2, -0.15) is 0 Å². The fraction of sp³-hybridized carbons (Fsp3) is 0.467. The van der Waals surface area contributed by atoms with Gasteiger partial charge in [0.05, 0.1) is 0 Å². The summed E-state index contributed by atoms with van der Waals surface area (Å²) in [7, 11) is -1.41. The maximum Gasteiger partial charge on any atom is 0.321 e. The molecule has 3 heteroatoms. The molecule has 1 rings (SSSR count). The molecule has 1 aromatic rings. The Morgan fingerprint density at radius 3 is 2.22 bits per heavy atom. The van der Waals surface area contributed by atoms with Crippen LogP contribution in [0.5, 0.6) is 0 Å². The molecule has 0 saturated carbocycles. The van der Waals surface area contributed by atoms with Crippen LogP contribution in [0.3, 0.4) is 0 Å². The lowest BCUT2D eigenvalue weighted by atomic mass is 10.1. The van der Waals surface area contributed by atoms with Crippen LogP contribution in [-0.4, -0.2) is 22.5 Å². The van der Waals surface area contributed by atoms with E-state index in [1.165, 1.54) is 11.1 Å². The van der Waals surface area contributed by atoms with E-state index in [0.29, 0.717) is 0 Å². The number of hydrogen-bond acceptors (Lipinski definition) is 2. The Labute approximate surface area is 112 Å². The second-order valence-corrected chi connectivity index (χ2v) is 6.28. The summed E-state index contributed by atoms with van der Waals surface area (Å²) >= 11 is 0. The van der Waals surface area contributed by atoms with Crippen molar-refractivity contribution in [3.63, 3.8) is 0 Å². The van der Waals surface area contributed by atoms with Crippen LogP contribution in [0.2, 0.25) is 6.04 Å². The smallest absolute Gasteiger partial charge is 0.321 e. The average molecular weight is 264 g/mol. The summed E-state index contributed by atoms with van der Waals surface area (Å²) in [6.45, 7) is 9.37. The van der Waals surface area contributed by atoms with Gasteiger partial charge in [-0.1, -0.05) is 36.9 Å². The van der Waals surface area contributed by atoms with E-state index in [9.17, 15) is 0 Å². The molecule has 0 atom stereocenters. The molecule has 1 aromatic carbocycles. The minimum Gasteiger partial charge on any atom is -0.397 e. The van der Waals surface area contributed by atoms with E-state index >= 15 is 0 Å². The number of rotatable bonds is 9. The fourth-order valence-electron chi connectivity index (χ4n) is 1.88. The van der Waals surface area contributed by atoms with E-state index in [1.807, 2.05) is 19.9 Å². The van der Waals surface area contributed by atoms with Crippen LogP contribution in [-0.2, 0) is 15.3 Å². The van der Waals surface area contributed by atoms with E-state index < -0.39 is 9.28 Å². The van der Waals surface area contributed by atoms with E-state index in [1.54, 1.807) is 0 Å². The van der Waals surface area contributed by atoms with Crippen LogP contribution in [0.15, 0.2) is 30.8 Å². The predicted octanol–water partition coefficient (Wildman–Crippen LogP) is 3.56. The summed E-state index contributed by atoms with van der Waals surface area (Å²) in [4.78, 5) is 0. The van der Waals surface area contributed by atoms with Crippen LogP contribution in [0.25, 0.3) is 6.08 Å². The molecule has 0 fully saturated rings. The second-order valence-electron chi connectivity index (χ2n) is 4.18. The second kappa shape index (κ2) is 9.08. The topological polar surface area (TPSA) is 18.5 Å². The molecule has 0 unspecified atom stereocenters. The molecule has 0 heterocycles. The van der Waals surface area contributed by atoms with Gasteiger partial charge in [0.25, 0.3) is 0 Å². The largest absolute Gasteiger partial charge is 0.397 e. The van der Waals surface area contributed by atoms with Gasteiger partial charge in [0, 0.05) is 13.2 Å². The van der Waals surface area contributed by atoms with Crippen molar-refractivity contribution in [3.8, 4) is 0 Å². The standard InChI is InChI=1S/C15H24O2Si/c1-4-14-9-11-15(12-10-14)8-7-13-18(16-5-2)17-6-3/h4,9-12,18H,1,5-8,13H2,2-3H3. The van der Waals surface area contributed by atoms with Crippen LogP contribution >= 0.6 is 0 Å². The molecular formula is C15H24O2Si. The van der Waals surface area contributed by atoms with Crippen molar-refractivity contribution in [1.29, 1.82) is 0 Å². The Morgan fingerprint density at radius 1 is 1.11 bits per heavy atom. The molecule has 18 heavy (non-hydrogen) atoms. The van der Waals surface area contributed by atoms with Crippen molar-refractivity contribution in [2.24, 2.45) is 0 Å². The first-order chi connectivity index (χ1) is 8.80. The molecule has 100 valence electrons. The van der Waals surface area contributed by atoms with Gasteiger partial charge in [-0.3, -0.25) is 0 Å². The molecule has 0 aliphatic carbocycles. The van der Waals surface area contributed by atoms with E-state index in [0.717, 1.165) is 32.1 Å². The average Bonchev–Trinajstić information content (AvgIpc) is 2.40. The first-order valence-corrected chi connectivity index (χ1v) is 8.50. The molecule has 0 aromatic heterocycles. The predicted molar refractivity (Wildman–Crippen MR) is 80.1 cm³/mol. The first kappa shape index (κ1) is 15.2. The zero-order valence-corrected chi connectivity index (χ0v) is 12.7. The van der Waals surface area contributed by atoms with E-state index in [2.05, 4.69) is 30.8 Å². The maximum atomic E-state index is 5.66. The highest BCUT2D eigenvalue weighted by Gasteiger charge is 2.11. The Balaban J connectivity index is 2.32. The molecule has 0 saturated heterocycles. The van der Waals surface area contributed by atoms with Crippen molar-refractivity contribution in [1.82, 2.24) is 0 Å². The van der Waals surface area contributed by atoms with Gasteiger partial charge in [-0.05, 0) is 43.9 Å². The third kappa shape index (κ3) is 5.62. The van der Waals surface area contributed by atoms with Gasteiger partial charge in [-0.15, -0.1) is 0 Å². The van der Waals surface area contributed by atoms with Crippen molar-refractivity contribution in [2.75, 3.05) is 13.2 Å². The summed E-state index contributed by atoms with van der Waals surface area (Å²) < 4.78 is 11.3. The third-order valence-electron chi connectivity index (χ3n) is 2.83. The summed E-state index contributed by atoms with van der Waals surface area (Å²) in [6, 6.07) is 9.67. The van der Waals surface area contributed by atoms with E-state index in [4.69, 9.17) is 8.85 Å². The van der Waals surface area contributed by atoms with Gasteiger partial charge in [0.2, 0.25) is 0 Å². The highest BCUT2D eigenvalue weighted by molar-refractivity contribution is 6.44. The van der Waals surface area contributed by atoms with Gasteiger partial charge in [0.1, 0.15) is 0 Å². The summed E-state index contributed by atoms with van der Waals surface area (Å²) in [6.07, 6.45) is 4.11. The zero-order chi connectivity index (χ0) is 13.2.